The zero-order valence-corrected chi connectivity index (χ0v) is 13.5. The summed E-state index contributed by atoms with van der Waals surface area (Å²) < 4.78 is 2.00. The minimum Gasteiger partial charge on any atom is -0.392 e. The van der Waals surface area contributed by atoms with Gasteiger partial charge in [0.25, 0.3) is 0 Å². The van der Waals surface area contributed by atoms with Crippen molar-refractivity contribution in [1.29, 1.82) is 0 Å². The first-order chi connectivity index (χ1) is 11.8. The van der Waals surface area contributed by atoms with E-state index in [9.17, 15) is 5.11 Å². The second kappa shape index (κ2) is 6.07. The van der Waals surface area contributed by atoms with Crippen LogP contribution in [0.25, 0.3) is 28.2 Å². The zero-order valence-electron chi connectivity index (χ0n) is 12.7. The lowest BCUT2D eigenvalue weighted by molar-refractivity contribution is 0.282. The number of aliphatic hydroxyl groups excluding tert-OH is 1. The molecular weight excluding hydrogens is 322 g/mol. The molecule has 0 aliphatic heterocycles. The van der Waals surface area contributed by atoms with Gasteiger partial charge in [0.2, 0.25) is 0 Å². The Hall–Kier alpha value is -2.69. The second-order valence-electron chi connectivity index (χ2n) is 5.47. The van der Waals surface area contributed by atoms with E-state index >= 15 is 0 Å². The van der Waals surface area contributed by atoms with E-state index in [2.05, 4.69) is 9.97 Å². The summed E-state index contributed by atoms with van der Waals surface area (Å²) in [5.41, 5.74) is 5.31. The predicted octanol–water partition coefficient (Wildman–Crippen LogP) is 4.21. The molecule has 1 N–H and O–H groups in total. The van der Waals surface area contributed by atoms with Crippen LogP contribution in [0.1, 0.15) is 5.56 Å². The Morgan fingerprint density at radius 1 is 0.958 bits per heavy atom. The van der Waals surface area contributed by atoms with Gasteiger partial charge in [-0.3, -0.25) is 9.38 Å². The van der Waals surface area contributed by atoms with Crippen LogP contribution in [0.3, 0.4) is 0 Å². The molecule has 0 unspecified atom stereocenters. The SMILES string of the molecule is OCc1ccccc1-c1cn2c(-c3ccc(Cl)cc3)cnc2cn1. The number of imidazole rings is 1. The van der Waals surface area contributed by atoms with Crippen LogP contribution in [0.2, 0.25) is 5.02 Å². The van der Waals surface area contributed by atoms with E-state index in [-0.39, 0.29) is 6.61 Å². The molecule has 2 aromatic heterocycles. The van der Waals surface area contributed by atoms with Crippen molar-refractivity contribution in [2.24, 2.45) is 0 Å². The van der Waals surface area contributed by atoms with Crippen molar-refractivity contribution in [3.63, 3.8) is 0 Å². The monoisotopic (exact) mass is 335 g/mol. The summed E-state index contributed by atoms with van der Waals surface area (Å²) in [5, 5.41) is 10.3. The average molecular weight is 336 g/mol. The van der Waals surface area contributed by atoms with Gasteiger partial charge in [0.1, 0.15) is 0 Å². The Kier molecular flexibility index (Phi) is 3.76. The van der Waals surface area contributed by atoms with Crippen molar-refractivity contribution in [3.8, 4) is 22.5 Å². The Balaban J connectivity index is 1.88. The molecule has 0 aliphatic rings. The van der Waals surface area contributed by atoms with Crippen LogP contribution in [-0.4, -0.2) is 19.5 Å². The smallest absolute Gasteiger partial charge is 0.155 e. The summed E-state index contributed by atoms with van der Waals surface area (Å²) in [7, 11) is 0. The first-order valence-electron chi connectivity index (χ1n) is 7.54. The van der Waals surface area contributed by atoms with Crippen molar-refractivity contribution < 1.29 is 5.11 Å². The molecule has 0 saturated carbocycles. The van der Waals surface area contributed by atoms with E-state index in [4.69, 9.17) is 11.6 Å². The summed E-state index contributed by atoms with van der Waals surface area (Å²) in [4.78, 5) is 8.90. The molecule has 0 fully saturated rings. The lowest BCUT2D eigenvalue weighted by atomic mass is 10.1. The highest BCUT2D eigenvalue weighted by molar-refractivity contribution is 6.30. The molecule has 0 atom stereocenters. The number of nitrogens with zero attached hydrogens (tertiary/aromatic N) is 3. The summed E-state index contributed by atoms with van der Waals surface area (Å²) in [5.74, 6) is 0. The third-order valence-electron chi connectivity index (χ3n) is 4.00. The molecule has 2 aromatic carbocycles. The number of fused-ring (bicyclic) bond motifs is 1. The first kappa shape index (κ1) is 14.9. The molecule has 24 heavy (non-hydrogen) atoms. The Labute approximate surface area is 144 Å². The van der Waals surface area contributed by atoms with Gasteiger partial charge in [-0.15, -0.1) is 0 Å². The molecule has 4 aromatic rings. The van der Waals surface area contributed by atoms with Crippen LogP contribution < -0.4 is 0 Å². The molecule has 4 rings (SSSR count). The maximum Gasteiger partial charge on any atom is 0.155 e. The van der Waals surface area contributed by atoms with Gasteiger partial charge in [-0.2, -0.15) is 0 Å². The molecule has 0 bridgehead atoms. The highest BCUT2D eigenvalue weighted by Crippen LogP contribution is 2.26. The lowest BCUT2D eigenvalue weighted by Crippen LogP contribution is -1.96. The molecule has 0 aliphatic carbocycles. The van der Waals surface area contributed by atoms with Crippen LogP contribution in [0, 0.1) is 0 Å². The number of aromatic nitrogens is 3. The van der Waals surface area contributed by atoms with Crippen molar-refractivity contribution >= 4 is 17.2 Å². The fraction of sp³-hybridized carbons (Fsp3) is 0.0526. The van der Waals surface area contributed by atoms with Crippen LogP contribution in [0.5, 0.6) is 0 Å². The van der Waals surface area contributed by atoms with Gasteiger partial charge in [0.15, 0.2) is 5.65 Å². The third-order valence-corrected chi connectivity index (χ3v) is 4.25. The number of aliphatic hydroxyl groups is 1. The molecule has 0 radical (unpaired) electrons. The minimum absolute atomic E-state index is 0.0239. The van der Waals surface area contributed by atoms with E-state index < -0.39 is 0 Å². The van der Waals surface area contributed by atoms with Gasteiger partial charge >= 0.3 is 0 Å². The number of rotatable bonds is 3. The molecule has 5 heteroatoms. The standard InChI is InChI=1S/C19H14ClN3O/c20-15-7-5-13(6-8-15)18-9-22-19-10-21-17(11-23(18)19)16-4-2-1-3-14(16)12-24/h1-11,24H,12H2. The first-order valence-corrected chi connectivity index (χ1v) is 7.92. The fourth-order valence-corrected chi connectivity index (χ4v) is 2.90. The summed E-state index contributed by atoms with van der Waals surface area (Å²) in [6.07, 6.45) is 5.51. The minimum atomic E-state index is -0.0239. The van der Waals surface area contributed by atoms with Gasteiger partial charge in [0, 0.05) is 22.3 Å². The lowest BCUT2D eigenvalue weighted by Gasteiger charge is -2.08. The van der Waals surface area contributed by atoms with E-state index in [1.807, 2.05) is 65.3 Å². The topological polar surface area (TPSA) is 50.4 Å². The quantitative estimate of drug-likeness (QED) is 0.610. The van der Waals surface area contributed by atoms with Crippen molar-refractivity contribution in [1.82, 2.24) is 14.4 Å². The van der Waals surface area contributed by atoms with E-state index in [0.29, 0.717) is 5.02 Å². The molecule has 2 heterocycles. The van der Waals surface area contributed by atoms with Gasteiger partial charge in [-0.1, -0.05) is 48.0 Å². The Morgan fingerprint density at radius 3 is 2.54 bits per heavy atom. The number of halogens is 1. The van der Waals surface area contributed by atoms with Gasteiger partial charge in [-0.25, -0.2) is 4.98 Å². The van der Waals surface area contributed by atoms with Crippen LogP contribution in [-0.2, 0) is 6.61 Å². The fourth-order valence-electron chi connectivity index (χ4n) is 2.77. The van der Waals surface area contributed by atoms with Gasteiger partial charge in [0.05, 0.1) is 30.4 Å². The van der Waals surface area contributed by atoms with Crippen molar-refractivity contribution in [3.05, 3.63) is 77.7 Å². The normalized spacial score (nSPS) is 11.1. The van der Waals surface area contributed by atoms with E-state index in [1.165, 1.54) is 0 Å². The summed E-state index contributed by atoms with van der Waals surface area (Å²) in [6, 6.07) is 15.4. The van der Waals surface area contributed by atoms with Crippen LogP contribution >= 0.6 is 11.6 Å². The van der Waals surface area contributed by atoms with E-state index in [0.717, 1.165) is 33.7 Å². The van der Waals surface area contributed by atoms with Gasteiger partial charge in [-0.05, 0) is 17.7 Å². The highest BCUT2D eigenvalue weighted by Gasteiger charge is 2.10. The second-order valence-corrected chi connectivity index (χ2v) is 5.90. The molecule has 4 nitrogen and oxygen atoms in total. The van der Waals surface area contributed by atoms with Gasteiger partial charge < -0.3 is 5.11 Å². The number of hydrogen-bond donors (Lipinski definition) is 1. The molecular formula is C19H14ClN3O. The van der Waals surface area contributed by atoms with Crippen LogP contribution in [0.4, 0.5) is 0 Å². The number of hydrogen-bond acceptors (Lipinski definition) is 3. The predicted molar refractivity (Wildman–Crippen MR) is 94.8 cm³/mol. The molecule has 0 saturated heterocycles. The summed E-state index contributed by atoms with van der Waals surface area (Å²) in [6.45, 7) is -0.0239. The Bertz CT molecular complexity index is 1010. The van der Waals surface area contributed by atoms with E-state index in [1.54, 1.807) is 6.20 Å². The Morgan fingerprint density at radius 2 is 1.75 bits per heavy atom. The zero-order chi connectivity index (χ0) is 16.5. The summed E-state index contributed by atoms with van der Waals surface area (Å²) >= 11 is 5.97. The van der Waals surface area contributed by atoms with Crippen molar-refractivity contribution in [2.75, 3.05) is 0 Å². The maximum absolute atomic E-state index is 9.55. The molecule has 118 valence electrons. The van der Waals surface area contributed by atoms with Crippen molar-refractivity contribution in [2.45, 2.75) is 6.61 Å². The molecule has 0 spiro atoms. The third kappa shape index (κ3) is 2.56. The molecule has 0 amide bonds. The highest BCUT2D eigenvalue weighted by atomic mass is 35.5. The average Bonchev–Trinajstić information content (AvgIpc) is 3.05. The number of benzene rings is 2. The maximum atomic E-state index is 9.55. The largest absolute Gasteiger partial charge is 0.392 e. The van der Waals surface area contributed by atoms with Crippen LogP contribution in [0.15, 0.2) is 67.1 Å².